The summed E-state index contributed by atoms with van der Waals surface area (Å²) >= 11 is 1.42. The molecule has 10 heteroatoms. The third kappa shape index (κ3) is 4.22. The molecule has 2 fully saturated rings. The van der Waals surface area contributed by atoms with E-state index in [0.717, 1.165) is 60.0 Å². The average Bonchev–Trinajstić information content (AvgIpc) is 3.44. The van der Waals surface area contributed by atoms with Gasteiger partial charge in [0, 0.05) is 48.5 Å². The van der Waals surface area contributed by atoms with Gasteiger partial charge in [0.2, 0.25) is 0 Å². The number of amides is 2. The van der Waals surface area contributed by atoms with Gasteiger partial charge >= 0.3 is 6.03 Å². The topological polar surface area (TPSA) is 115 Å². The number of rotatable bonds is 4. The quantitative estimate of drug-likeness (QED) is 0.600. The van der Waals surface area contributed by atoms with Crippen molar-refractivity contribution in [1.82, 2.24) is 15.0 Å². The van der Waals surface area contributed by atoms with Crippen molar-refractivity contribution in [2.45, 2.75) is 24.9 Å². The molecule has 0 unspecified atom stereocenters. The second-order valence-corrected chi connectivity index (χ2v) is 8.54. The molecule has 2 aliphatic heterocycles. The Hall–Kier alpha value is -3.08. The summed E-state index contributed by atoms with van der Waals surface area (Å²) in [7, 11) is 0. The number of nitrogens with two attached hydrogens (primary N) is 1. The van der Waals surface area contributed by atoms with Gasteiger partial charge in [-0.25, -0.2) is 19.6 Å². The van der Waals surface area contributed by atoms with Crippen LogP contribution in [0, 0.1) is 0 Å². The highest BCUT2D eigenvalue weighted by molar-refractivity contribution is 7.13. The third-order valence-corrected chi connectivity index (χ3v) is 6.58. The second-order valence-electron chi connectivity index (χ2n) is 7.68. The molecular formula is C21H22N6O3S. The van der Waals surface area contributed by atoms with Crippen LogP contribution in [-0.4, -0.2) is 46.3 Å². The van der Waals surface area contributed by atoms with Gasteiger partial charge in [0.05, 0.1) is 18.0 Å². The number of carbonyl (C=O) groups is 1. The molecule has 2 amide bonds. The number of nitrogens with zero attached hydrogens (tertiary/aromatic N) is 4. The Balaban J connectivity index is 1.35. The van der Waals surface area contributed by atoms with Crippen LogP contribution in [0.15, 0.2) is 42.0 Å². The predicted molar refractivity (Wildman–Crippen MR) is 118 cm³/mol. The van der Waals surface area contributed by atoms with Gasteiger partial charge < -0.3 is 10.6 Å². The summed E-state index contributed by atoms with van der Waals surface area (Å²) in [6.45, 7) is 2.50. The van der Waals surface area contributed by atoms with Crippen LogP contribution < -0.4 is 16.0 Å². The first kappa shape index (κ1) is 19.9. The number of aromatic nitrogens is 3. The van der Waals surface area contributed by atoms with Gasteiger partial charge in [-0.3, -0.25) is 15.3 Å². The minimum absolute atomic E-state index is 0.113. The molecule has 5 heterocycles. The van der Waals surface area contributed by atoms with E-state index in [-0.39, 0.29) is 5.60 Å². The van der Waals surface area contributed by atoms with Crippen molar-refractivity contribution in [3.63, 3.8) is 0 Å². The highest BCUT2D eigenvalue weighted by atomic mass is 32.1. The van der Waals surface area contributed by atoms with Gasteiger partial charge in [0.1, 0.15) is 16.4 Å². The molecule has 0 saturated carbocycles. The maximum atomic E-state index is 11.0. The van der Waals surface area contributed by atoms with Crippen molar-refractivity contribution in [1.29, 1.82) is 0 Å². The Morgan fingerprint density at radius 1 is 1.13 bits per heavy atom. The van der Waals surface area contributed by atoms with Gasteiger partial charge in [0.25, 0.3) is 0 Å². The van der Waals surface area contributed by atoms with Crippen molar-refractivity contribution < 1.29 is 14.6 Å². The van der Waals surface area contributed by atoms with Gasteiger partial charge in [0.15, 0.2) is 0 Å². The summed E-state index contributed by atoms with van der Waals surface area (Å²) in [5, 5.41) is 5.01. The van der Waals surface area contributed by atoms with E-state index in [9.17, 15) is 4.79 Å². The maximum Gasteiger partial charge on any atom is 0.317 e. The number of urea groups is 1. The molecule has 3 N–H and O–H groups in total. The van der Waals surface area contributed by atoms with E-state index in [1.807, 2.05) is 24.4 Å². The van der Waals surface area contributed by atoms with Gasteiger partial charge in [-0.1, -0.05) is 0 Å². The zero-order valence-electron chi connectivity index (χ0n) is 16.8. The molecule has 9 nitrogen and oxygen atoms in total. The minimum Gasteiger partial charge on any atom is -0.371 e. The monoisotopic (exact) mass is 438 g/mol. The van der Waals surface area contributed by atoms with Crippen LogP contribution in [0.4, 0.5) is 16.3 Å². The molecular weight excluding hydrogens is 416 g/mol. The number of anilines is 2. The molecule has 1 spiro atoms. The highest BCUT2D eigenvalue weighted by Crippen LogP contribution is 2.36. The summed E-state index contributed by atoms with van der Waals surface area (Å²) in [5.74, 6) is 0.436. The van der Waals surface area contributed by atoms with Gasteiger partial charge in [-0.15, -0.1) is 11.3 Å². The van der Waals surface area contributed by atoms with E-state index in [1.54, 1.807) is 11.6 Å². The van der Waals surface area contributed by atoms with Crippen LogP contribution in [0.3, 0.4) is 0 Å². The van der Waals surface area contributed by atoms with Crippen molar-refractivity contribution in [3.8, 4) is 22.0 Å². The average molecular weight is 439 g/mol. The number of carbonyl (C=O) groups excluding carboxylic acids is 1. The molecule has 2 saturated heterocycles. The number of thiazole rings is 1. The van der Waals surface area contributed by atoms with Crippen LogP contribution >= 0.6 is 11.3 Å². The van der Waals surface area contributed by atoms with Crippen molar-refractivity contribution in [2.24, 2.45) is 5.73 Å². The number of pyridine rings is 2. The molecule has 0 aliphatic carbocycles. The summed E-state index contributed by atoms with van der Waals surface area (Å²) in [6.07, 6.45) is 6.42. The molecule has 3 aromatic rings. The summed E-state index contributed by atoms with van der Waals surface area (Å²) in [6, 6.07) is 7.30. The number of hydrogen-bond donors (Lipinski definition) is 2. The summed E-state index contributed by atoms with van der Waals surface area (Å²) < 4.78 is 0. The van der Waals surface area contributed by atoms with E-state index >= 15 is 0 Å². The standard InChI is InChI=1S/C21H22N6O3S/c22-20(28)26-18-13-31-19(25-18)14-1-6-23-16(11-14)17-12-15(2-7-24-17)27-8-3-21(4-9-27)5-10-29-30-21/h1-2,6-7,11-13H,3-5,8-10H2,(H3,22,26,28). The predicted octanol–water partition coefficient (Wildman–Crippen LogP) is 3.45. The number of primary amides is 1. The van der Waals surface area contributed by atoms with E-state index in [4.69, 9.17) is 15.5 Å². The first-order valence-corrected chi connectivity index (χ1v) is 11.0. The molecule has 0 bridgehead atoms. The van der Waals surface area contributed by atoms with Crippen LogP contribution in [0.2, 0.25) is 0 Å². The lowest BCUT2D eigenvalue weighted by Gasteiger charge is -2.38. The SMILES string of the molecule is NC(=O)Nc1csc(-c2ccnc(-c3cc(N4CCC5(CCOO5)CC4)ccn3)c2)n1. The molecule has 0 atom stereocenters. The van der Waals surface area contributed by atoms with Gasteiger partial charge in [-0.05, 0) is 37.1 Å². The van der Waals surface area contributed by atoms with E-state index < -0.39 is 6.03 Å². The molecule has 0 radical (unpaired) electrons. The molecule has 5 rings (SSSR count). The lowest BCUT2D eigenvalue weighted by atomic mass is 9.89. The fourth-order valence-corrected chi connectivity index (χ4v) is 4.74. The number of piperidine rings is 1. The Bertz CT molecular complexity index is 1090. The highest BCUT2D eigenvalue weighted by Gasteiger charge is 2.40. The number of nitrogens with one attached hydrogen (secondary N) is 1. The second kappa shape index (κ2) is 8.22. The fourth-order valence-electron chi connectivity index (χ4n) is 3.99. The zero-order valence-corrected chi connectivity index (χ0v) is 17.6. The first-order chi connectivity index (χ1) is 15.1. The fraction of sp³-hybridized carbons (Fsp3) is 0.333. The largest absolute Gasteiger partial charge is 0.371 e. The lowest BCUT2D eigenvalue weighted by molar-refractivity contribution is -0.312. The number of hydrogen-bond acceptors (Lipinski definition) is 8. The van der Waals surface area contributed by atoms with Gasteiger partial charge in [-0.2, -0.15) is 0 Å². The smallest absolute Gasteiger partial charge is 0.317 e. The Kier molecular flexibility index (Phi) is 5.26. The van der Waals surface area contributed by atoms with E-state index in [1.165, 1.54) is 11.3 Å². The normalized spacial score (nSPS) is 17.7. The Morgan fingerprint density at radius 3 is 2.65 bits per heavy atom. The van der Waals surface area contributed by atoms with E-state index in [2.05, 4.69) is 31.2 Å². The van der Waals surface area contributed by atoms with Crippen LogP contribution in [0.5, 0.6) is 0 Å². The Morgan fingerprint density at radius 2 is 1.90 bits per heavy atom. The first-order valence-electron chi connectivity index (χ1n) is 10.1. The summed E-state index contributed by atoms with van der Waals surface area (Å²) in [4.78, 5) is 37.5. The minimum atomic E-state index is -0.635. The van der Waals surface area contributed by atoms with Crippen LogP contribution in [-0.2, 0) is 9.78 Å². The lowest BCUT2D eigenvalue weighted by Crippen LogP contribution is -2.44. The van der Waals surface area contributed by atoms with Crippen molar-refractivity contribution in [3.05, 3.63) is 42.0 Å². The van der Waals surface area contributed by atoms with Crippen molar-refractivity contribution in [2.75, 3.05) is 29.9 Å². The summed E-state index contributed by atoms with van der Waals surface area (Å²) in [5.41, 5.74) is 8.63. The maximum absolute atomic E-state index is 11.0. The molecule has 160 valence electrons. The third-order valence-electron chi connectivity index (χ3n) is 5.68. The molecule has 3 aromatic heterocycles. The van der Waals surface area contributed by atoms with Crippen molar-refractivity contribution >= 4 is 28.9 Å². The zero-order chi connectivity index (χ0) is 21.3. The van der Waals surface area contributed by atoms with Crippen LogP contribution in [0.1, 0.15) is 19.3 Å². The molecule has 0 aromatic carbocycles. The Labute approximate surface area is 183 Å². The van der Waals surface area contributed by atoms with Crippen LogP contribution in [0.25, 0.3) is 22.0 Å². The molecule has 2 aliphatic rings. The van der Waals surface area contributed by atoms with E-state index in [0.29, 0.717) is 12.4 Å². The molecule has 31 heavy (non-hydrogen) atoms.